The lowest BCUT2D eigenvalue weighted by Crippen LogP contribution is -2.40. The zero-order chi connectivity index (χ0) is 26.7. The molecule has 2 heterocycles. The molecule has 0 bridgehead atoms. The van der Waals surface area contributed by atoms with Crippen molar-refractivity contribution in [2.45, 2.75) is 51.5 Å². The average molecular weight is 521 g/mol. The number of rotatable bonds is 8. The largest absolute Gasteiger partial charge is 0.337 e. The van der Waals surface area contributed by atoms with Gasteiger partial charge in [-0.25, -0.2) is 27.9 Å². The number of imidazole rings is 1. The summed E-state index contributed by atoms with van der Waals surface area (Å²) < 4.78 is 29.0. The predicted molar refractivity (Wildman–Crippen MR) is 144 cm³/mol. The average Bonchev–Trinajstić information content (AvgIpc) is 3.24. The van der Waals surface area contributed by atoms with E-state index in [0.717, 1.165) is 45.1 Å². The van der Waals surface area contributed by atoms with Gasteiger partial charge in [0, 0.05) is 30.4 Å². The van der Waals surface area contributed by atoms with Crippen molar-refractivity contribution in [3.05, 3.63) is 82.8 Å². The normalized spacial score (nSPS) is 11.7. The number of carbonyl (C=O) groups is 1. The van der Waals surface area contributed by atoms with Crippen LogP contribution >= 0.6 is 0 Å². The molecule has 0 aliphatic rings. The highest BCUT2D eigenvalue weighted by atomic mass is 32.2. The highest BCUT2D eigenvalue weighted by Crippen LogP contribution is 2.27. The lowest BCUT2D eigenvalue weighted by Gasteiger charge is -2.12. The molecule has 0 atom stereocenters. The summed E-state index contributed by atoms with van der Waals surface area (Å²) in [6.07, 6.45) is 0.539. The predicted octanol–water partition coefficient (Wildman–Crippen LogP) is 3.85. The summed E-state index contributed by atoms with van der Waals surface area (Å²) in [6.45, 7) is 8.84. The molecule has 0 aliphatic heterocycles. The molecule has 37 heavy (non-hydrogen) atoms. The first-order valence-electron chi connectivity index (χ1n) is 12.1. The minimum absolute atomic E-state index is 0.00288. The molecule has 2 aromatic heterocycles. The number of amides is 2. The van der Waals surface area contributed by atoms with Crippen molar-refractivity contribution in [3.8, 4) is 5.69 Å². The number of carbonyl (C=O) groups excluding carboxylic acids is 1. The molecule has 0 unspecified atom stereocenters. The number of urea groups is 1. The maximum Gasteiger partial charge on any atom is 0.328 e. The molecule has 0 saturated heterocycles. The number of pyridine rings is 1. The molecular weight excluding hydrogens is 488 g/mol. The molecule has 194 valence electrons. The Bertz CT molecular complexity index is 1530. The van der Waals surface area contributed by atoms with E-state index in [-0.39, 0.29) is 17.4 Å². The Balaban J connectivity index is 1.42. The topological polar surface area (TPSA) is 132 Å². The highest BCUT2D eigenvalue weighted by Gasteiger charge is 2.19. The van der Waals surface area contributed by atoms with Gasteiger partial charge in [-0.2, -0.15) is 0 Å². The fraction of sp³-hybridized carbons (Fsp3) is 0.296. The summed E-state index contributed by atoms with van der Waals surface area (Å²) >= 11 is 0. The van der Waals surface area contributed by atoms with E-state index in [1.54, 1.807) is 12.1 Å². The smallest absolute Gasteiger partial charge is 0.328 e. The molecule has 0 saturated carbocycles. The number of nitrogens with two attached hydrogens (primary N) is 1. The van der Waals surface area contributed by atoms with Crippen LogP contribution in [0.1, 0.15) is 48.0 Å². The second-order valence-corrected chi connectivity index (χ2v) is 11.0. The van der Waals surface area contributed by atoms with Crippen molar-refractivity contribution < 1.29 is 13.2 Å². The molecule has 4 aromatic rings. The van der Waals surface area contributed by atoms with Crippen molar-refractivity contribution in [1.82, 2.24) is 24.6 Å². The van der Waals surface area contributed by atoms with Crippen molar-refractivity contribution in [2.75, 3.05) is 6.54 Å². The van der Waals surface area contributed by atoms with Crippen molar-refractivity contribution in [3.63, 3.8) is 0 Å². The molecule has 2 aromatic carbocycles. The third-order valence-electron chi connectivity index (χ3n) is 6.07. The number of nitrogens with zero attached hydrogens (tertiary/aromatic N) is 3. The minimum atomic E-state index is -3.96. The van der Waals surface area contributed by atoms with E-state index >= 15 is 0 Å². The van der Waals surface area contributed by atoms with E-state index < -0.39 is 16.1 Å². The van der Waals surface area contributed by atoms with Gasteiger partial charge in [-0.15, -0.1) is 0 Å². The lowest BCUT2D eigenvalue weighted by atomic mass is 10.1. The maximum absolute atomic E-state index is 12.4. The summed E-state index contributed by atoms with van der Waals surface area (Å²) in [5, 5.41) is 2.61. The molecule has 0 radical (unpaired) electrons. The third kappa shape index (κ3) is 5.81. The first-order chi connectivity index (χ1) is 17.6. The Kier molecular flexibility index (Phi) is 7.60. The Labute approximate surface area is 217 Å². The minimum Gasteiger partial charge on any atom is -0.337 e. The summed E-state index contributed by atoms with van der Waals surface area (Å²) in [7, 11) is -3.96. The standard InChI is InChI=1S/C27H32N6O3S/c1-17(2)25-31-24-18(3)15-19(4)30-26(24)33(25)22-9-5-20(6-10-22)13-14-29-27(34)32-37(35,36)23-11-7-21(16-28)8-12-23/h5-12,15,17H,13-14,16,28H2,1-4H3,(H2,29,32,34). The van der Waals surface area contributed by atoms with Crippen LogP contribution < -0.4 is 15.8 Å². The van der Waals surface area contributed by atoms with E-state index in [4.69, 9.17) is 15.7 Å². The van der Waals surface area contributed by atoms with Gasteiger partial charge in [-0.1, -0.05) is 38.1 Å². The molecule has 0 fully saturated rings. The van der Waals surface area contributed by atoms with Crippen molar-refractivity contribution in [1.29, 1.82) is 0 Å². The van der Waals surface area contributed by atoms with Crippen LogP contribution in [0.25, 0.3) is 16.9 Å². The van der Waals surface area contributed by atoms with Gasteiger partial charge >= 0.3 is 6.03 Å². The number of benzene rings is 2. The van der Waals surface area contributed by atoms with E-state index in [2.05, 4.69) is 23.7 Å². The van der Waals surface area contributed by atoms with Crippen molar-refractivity contribution >= 4 is 27.2 Å². The fourth-order valence-electron chi connectivity index (χ4n) is 4.17. The van der Waals surface area contributed by atoms with Crippen molar-refractivity contribution in [2.24, 2.45) is 5.73 Å². The van der Waals surface area contributed by atoms with Gasteiger partial charge in [0.05, 0.1) is 4.90 Å². The zero-order valence-electron chi connectivity index (χ0n) is 21.4. The molecule has 9 nitrogen and oxygen atoms in total. The molecule has 4 N–H and O–H groups in total. The number of sulfonamides is 1. The van der Waals surface area contributed by atoms with Gasteiger partial charge in [-0.3, -0.25) is 4.57 Å². The van der Waals surface area contributed by atoms with E-state index in [9.17, 15) is 13.2 Å². The molecule has 4 rings (SSSR count). The number of hydrogen-bond donors (Lipinski definition) is 3. The number of hydrogen-bond acceptors (Lipinski definition) is 6. The second kappa shape index (κ2) is 10.7. The van der Waals surface area contributed by atoms with Crippen LogP contribution in [0.4, 0.5) is 4.79 Å². The summed E-state index contributed by atoms with van der Waals surface area (Å²) in [5.41, 5.74) is 12.1. The van der Waals surface area contributed by atoms with Crippen LogP contribution in [0.15, 0.2) is 59.5 Å². The Morgan fingerprint density at radius 2 is 1.65 bits per heavy atom. The monoisotopic (exact) mass is 520 g/mol. The van der Waals surface area contributed by atoms with Crippen LogP contribution in [0.2, 0.25) is 0 Å². The zero-order valence-corrected chi connectivity index (χ0v) is 22.3. The highest BCUT2D eigenvalue weighted by molar-refractivity contribution is 7.90. The molecule has 10 heteroatoms. The van der Waals surface area contributed by atoms with Crippen LogP contribution in [-0.2, 0) is 23.0 Å². The molecular formula is C27H32N6O3S. The summed E-state index contributed by atoms with van der Waals surface area (Å²) in [5.74, 6) is 1.16. The second-order valence-electron chi connectivity index (χ2n) is 9.34. The number of fused-ring (bicyclic) bond motifs is 1. The first kappa shape index (κ1) is 26.3. The van der Waals surface area contributed by atoms with E-state index in [1.807, 2.05) is 48.9 Å². The van der Waals surface area contributed by atoms with Crippen LogP contribution in [0.5, 0.6) is 0 Å². The van der Waals surface area contributed by atoms with Gasteiger partial charge in [0.15, 0.2) is 5.65 Å². The SMILES string of the molecule is Cc1cc(C)c2nc(C(C)C)n(-c3ccc(CCNC(=O)NS(=O)(=O)c4ccc(CN)cc4)cc3)c2n1. The van der Waals surface area contributed by atoms with Crippen LogP contribution in [-0.4, -0.2) is 35.5 Å². The van der Waals surface area contributed by atoms with Gasteiger partial charge < -0.3 is 11.1 Å². The summed E-state index contributed by atoms with van der Waals surface area (Å²) in [6, 6.07) is 15.3. The Hall–Kier alpha value is -3.76. The quantitative estimate of drug-likeness (QED) is 0.323. The van der Waals surface area contributed by atoms with Gasteiger partial charge in [0.2, 0.25) is 0 Å². The van der Waals surface area contributed by atoms with Crippen LogP contribution in [0, 0.1) is 13.8 Å². The molecule has 0 spiro atoms. The number of aromatic nitrogens is 3. The number of nitrogens with one attached hydrogen (secondary N) is 2. The Morgan fingerprint density at radius 1 is 1.00 bits per heavy atom. The van der Waals surface area contributed by atoms with Gasteiger partial charge in [0.25, 0.3) is 10.0 Å². The molecule has 0 aliphatic carbocycles. The summed E-state index contributed by atoms with van der Waals surface area (Å²) in [4.78, 5) is 21.8. The van der Waals surface area contributed by atoms with E-state index in [0.29, 0.717) is 13.0 Å². The lowest BCUT2D eigenvalue weighted by molar-refractivity contribution is 0.246. The van der Waals surface area contributed by atoms with Crippen LogP contribution in [0.3, 0.4) is 0 Å². The van der Waals surface area contributed by atoms with E-state index in [1.165, 1.54) is 12.1 Å². The third-order valence-corrected chi connectivity index (χ3v) is 7.41. The maximum atomic E-state index is 12.4. The number of aryl methyl sites for hydroxylation is 2. The van der Waals surface area contributed by atoms with Gasteiger partial charge in [-0.05, 0) is 67.3 Å². The Morgan fingerprint density at radius 3 is 2.27 bits per heavy atom. The first-order valence-corrected chi connectivity index (χ1v) is 13.6. The fourth-order valence-corrected chi connectivity index (χ4v) is 5.10. The van der Waals surface area contributed by atoms with Gasteiger partial charge in [0.1, 0.15) is 11.3 Å². The molecule has 2 amide bonds.